The van der Waals surface area contributed by atoms with Crippen molar-refractivity contribution in [1.82, 2.24) is 19.4 Å². The van der Waals surface area contributed by atoms with Crippen molar-refractivity contribution < 1.29 is 14.7 Å². The number of nitrogens with zero attached hydrogens (tertiary/aromatic N) is 3. The average Bonchev–Trinajstić information content (AvgIpc) is 3.43. The molecule has 0 atom stereocenters. The number of carbonyl (C=O) groups excluding carboxylic acids is 1. The highest BCUT2D eigenvalue weighted by molar-refractivity contribution is 6.03. The number of nitrogens with one attached hydrogen (secondary N) is 1. The minimum Gasteiger partial charge on any atom is -0.478 e. The summed E-state index contributed by atoms with van der Waals surface area (Å²) in [6.45, 7) is 2.68. The van der Waals surface area contributed by atoms with Gasteiger partial charge in [0.15, 0.2) is 0 Å². The topological polar surface area (TPSA) is 79.5 Å². The molecule has 0 saturated heterocycles. The number of rotatable bonds is 6. The lowest BCUT2D eigenvalue weighted by molar-refractivity contribution is -0.127. The van der Waals surface area contributed by atoms with E-state index in [0.717, 1.165) is 25.0 Å². The number of hydrogen-bond acceptors (Lipinski definition) is 3. The number of aryl methyl sites for hydroxylation is 2. The Kier molecular flexibility index (Phi) is 6.48. The lowest BCUT2D eigenvalue weighted by Gasteiger charge is -2.25. The smallest absolute Gasteiger partial charge is 0.335 e. The van der Waals surface area contributed by atoms with Gasteiger partial charge in [0.25, 0.3) is 0 Å². The van der Waals surface area contributed by atoms with Crippen LogP contribution in [0.2, 0.25) is 0 Å². The van der Waals surface area contributed by atoms with E-state index in [1.54, 1.807) is 25.1 Å². The number of para-hydroxylation sites is 1. The van der Waals surface area contributed by atoms with Crippen molar-refractivity contribution in [3.05, 3.63) is 59.3 Å². The monoisotopic (exact) mass is 512 g/mol. The van der Waals surface area contributed by atoms with Gasteiger partial charge in [0.2, 0.25) is 5.91 Å². The van der Waals surface area contributed by atoms with E-state index < -0.39 is 5.97 Å². The Labute approximate surface area is 223 Å². The number of aromatic nitrogens is 2. The van der Waals surface area contributed by atoms with E-state index in [2.05, 4.69) is 44.9 Å². The van der Waals surface area contributed by atoms with Gasteiger partial charge in [0.05, 0.1) is 23.3 Å². The van der Waals surface area contributed by atoms with Gasteiger partial charge < -0.3 is 24.5 Å². The van der Waals surface area contributed by atoms with Crippen LogP contribution in [0.1, 0.15) is 65.9 Å². The number of carbonyl (C=O) groups is 2. The summed E-state index contributed by atoms with van der Waals surface area (Å²) < 4.78 is 4.80. The highest BCUT2D eigenvalue weighted by atomic mass is 16.4. The summed E-state index contributed by atoms with van der Waals surface area (Å²) in [6, 6.07) is 12.3. The molecule has 2 N–H and O–H groups in total. The fraction of sp³-hybridized carbons (Fsp3) is 0.419. The van der Waals surface area contributed by atoms with Crippen LogP contribution in [-0.4, -0.2) is 51.7 Å². The van der Waals surface area contributed by atoms with Crippen LogP contribution < -0.4 is 5.32 Å². The molecular formula is C31H36N4O3. The predicted octanol–water partition coefficient (Wildman–Crippen LogP) is 5.59. The Bertz CT molecular complexity index is 1540. The first-order valence-corrected chi connectivity index (χ1v) is 13.9. The molecule has 1 amide bonds. The Balaban J connectivity index is 1.54. The standard InChI is InChI=1S/C31H36N4O3/c1-33(2)27(36)18-32-17-22-19-34-14-7-15-35-26-16-21(31(37)38)12-13-24(26)28(20-8-4-3-5-9-20)30(35)25-11-6-10-23(22)29(25)34/h6,10-13,16,19-20,32H,3-5,7-9,14-15,17-18H2,1-2H3,(H,37,38). The molecule has 2 aromatic carbocycles. The quantitative estimate of drug-likeness (QED) is 0.353. The molecule has 2 aliphatic rings. The molecule has 3 heterocycles. The summed E-state index contributed by atoms with van der Waals surface area (Å²) in [4.78, 5) is 25.6. The summed E-state index contributed by atoms with van der Waals surface area (Å²) >= 11 is 0. The Hall–Kier alpha value is -3.58. The maximum Gasteiger partial charge on any atom is 0.335 e. The number of aromatic carboxylic acids is 1. The summed E-state index contributed by atoms with van der Waals surface area (Å²) in [5.41, 5.74) is 7.72. The molecule has 0 spiro atoms. The summed E-state index contributed by atoms with van der Waals surface area (Å²) in [5, 5.41) is 15.5. The third-order valence-electron chi connectivity index (χ3n) is 8.47. The fourth-order valence-electron chi connectivity index (χ4n) is 6.64. The van der Waals surface area contributed by atoms with Gasteiger partial charge in [-0.25, -0.2) is 4.79 Å². The lowest BCUT2D eigenvalue weighted by Crippen LogP contribution is -2.32. The highest BCUT2D eigenvalue weighted by Gasteiger charge is 2.29. The number of carboxylic acids is 1. The van der Waals surface area contributed by atoms with Crippen LogP contribution in [0.15, 0.2) is 42.6 Å². The second-order valence-corrected chi connectivity index (χ2v) is 11.1. The summed E-state index contributed by atoms with van der Waals surface area (Å²) in [7, 11) is 3.56. The van der Waals surface area contributed by atoms with Crippen molar-refractivity contribution in [2.45, 2.75) is 64.1 Å². The zero-order chi connectivity index (χ0) is 26.4. The van der Waals surface area contributed by atoms with E-state index in [0.29, 0.717) is 24.6 Å². The molecule has 7 heteroatoms. The zero-order valence-corrected chi connectivity index (χ0v) is 22.3. The van der Waals surface area contributed by atoms with Gasteiger partial charge >= 0.3 is 5.97 Å². The van der Waals surface area contributed by atoms with Crippen molar-refractivity contribution in [3.8, 4) is 11.3 Å². The molecular weight excluding hydrogens is 476 g/mol. The number of amides is 1. The molecule has 0 unspecified atom stereocenters. The molecule has 1 fully saturated rings. The first-order chi connectivity index (χ1) is 18.4. The maximum atomic E-state index is 12.1. The third-order valence-corrected chi connectivity index (χ3v) is 8.47. The maximum absolute atomic E-state index is 12.1. The van der Waals surface area contributed by atoms with E-state index >= 15 is 0 Å². The fourth-order valence-corrected chi connectivity index (χ4v) is 6.64. The van der Waals surface area contributed by atoms with Crippen LogP contribution in [0.3, 0.4) is 0 Å². The van der Waals surface area contributed by atoms with Crippen molar-refractivity contribution in [2.75, 3.05) is 20.6 Å². The molecule has 0 radical (unpaired) electrons. The minimum absolute atomic E-state index is 0.0646. The number of likely N-dealkylation sites (N-methyl/N-ethyl adjacent to an activating group) is 1. The minimum atomic E-state index is -0.881. The van der Waals surface area contributed by atoms with Crippen LogP contribution in [0.5, 0.6) is 0 Å². The van der Waals surface area contributed by atoms with Gasteiger partial charge in [-0.2, -0.15) is 0 Å². The first kappa shape index (κ1) is 24.7. The summed E-state index contributed by atoms with van der Waals surface area (Å²) in [6.07, 6.45) is 9.35. The molecule has 0 bridgehead atoms. The van der Waals surface area contributed by atoms with Crippen molar-refractivity contribution in [2.24, 2.45) is 0 Å². The number of hydrogen-bond donors (Lipinski definition) is 2. The molecule has 7 nitrogen and oxygen atoms in total. The van der Waals surface area contributed by atoms with Crippen molar-refractivity contribution >= 4 is 33.7 Å². The number of fused-ring (bicyclic) bond motifs is 4. The van der Waals surface area contributed by atoms with Crippen LogP contribution in [0.4, 0.5) is 0 Å². The van der Waals surface area contributed by atoms with Crippen LogP contribution >= 0.6 is 0 Å². The van der Waals surface area contributed by atoms with E-state index in [-0.39, 0.29) is 5.91 Å². The Morgan fingerprint density at radius 3 is 2.61 bits per heavy atom. The SMILES string of the molecule is CN(C)C(=O)CNCc1cn2c3c(cccc13)-c1c(C3CCCCC3)c3ccc(C(=O)O)cc3n1CCC2. The molecule has 198 valence electrons. The van der Waals surface area contributed by atoms with E-state index in [1.807, 2.05) is 6.07 Å². The average molecular weight is 513 g/mol. The number of carboxylic acid groups (broad SMARTS) is 1. The van der Waals surface area contributed by atoms with E-state index in [1.165, 1.54) is 70.8 Å². The third kappa shape index (κ3) is 4.19. The van der Waals surface area contributed by atoms with Crippen molar-refractivity contribution in [1.29, 1.82) is 0 Å². The molecule has 2 aromatic heterocycles. The second kappa shape index (κ2) is 9.95. The molecule has 1 saturated carbocycles. The Morgan fingerprint density at radius 2 is 1.84 bits per heavy atom. The van der Waals surface area contributed by atoms with Gasteiger partial charge in [-0.3, -0.25) is 4.79 Å². The molecule has 4 aromatic rings. The summed E-state index contributed by atoms with van der Waals surface area (Å²) in [5.74, 6) is -0.336. The molecule has 38 heavy (non-hydrogen) atoms. The van der Waals surface area contributed by atoms with E-state index in [9.17, 15) is 14.7 Å². The van der Waals surface area contributed by atoms with Gasteiger partial charge in [-0.05, 0) is 48.4 Å². The van der Waals surface area contributed by atoms with Crippen LogP contribution in [0.25, 0.3) is 33.1 Å². The number of benzene rings is 2. The first-order valence-electron chi connectivity index (χ1n) is 13.9. The largest absolute Gasteiger partial charge is 0.478 e. The van der Waals surface area contributed by atoms with Gasteiger partial charge in [0, 0.05) is 61.8 Å². The van der Waals surface area contributed by atoms with Gasteiger partial charge in [-0.15, -0.1) is 0 Å². The van der Waals surface area contributed by atoms with Crippen LogP contribution in [0, 0.1) is 0 Å². The highest BCUT2D eigenvalue weighted by Crippen LogP contribution is 2.46. The molecule has 6 rings (SSSR count). The Morgan fingerprint density at radius 1 is 1.03 bits per heavy atom. The van der Waals surface area contributed by atoms with Crippen molar-refractivity contribution in [3.63, 3.8) is 0 Å². The van der Waals surface area contributed by atoms with Crippen LogP contribution in [-0.2, 0) is 24.4 Å². The second-order valence-electron chi connectivity index (χ2n) is 11.1. The predicted molar refractivity (Wildman–Crippen MR) is 151 cm³/mol. The molecule has 1 aliphatic carbocycles. The van der Waals surface area contributed by atoms with Gasteiger partial charge in [-0.1, -0.05) is 43.5 Å². The van der Waals surface area contributed by atoms with Gasteiger partial charge in [0.1, 0.15) is 0 Å². The zero-order valence-electron chi connectivity index (χ0n) is 22.3. The van der Waals surface area contributed by atoms with E-state index in [4.69, 9.17) is 0 Å². The molecule has 1 aliphatic heterocycles. The normalized spacial score (nSPS) is 15.8. The lowest BCUT2D eigenvalue weighted by atomic mass is 9.81.